The number of hydrogen-bond acceptors (Lipinski definition) is 6. The zero-order valence-corrected chi connectivity index (χ0v) is 20.8. The molecule has 2 aromatic carbocycles. The van der Waals surface area contributed by atoms with E-state index in [0.717, 1.165) is 33.0 Å². The van der Waals surface area contributed by atoms with E-state index >= 15 is 0 Å². The van der Waals surface area contributed by atoms with Gasteiger partial charge in [0.25, 0.3) is 0 Å². The largest absolute Gasteiger partial charge is 0.497 e. The smallest absolute Gasteiger partial charge is 0.234 e. The van der Waals surface area contributed by atoms with Gasteiger partial charge in [-0.2, -0.15) is 0 Å². The van der Waals surface area contributed by atoms with E-state index in [9.17, 15) is 4.79 Å². The summed E-state index contributed by atoms with van der Waals surface area (Å²) in [5, 5.41) is 14.5. The van der Waals surface area contributed by atoms with E-state index in [-0.39, 0.29) is 11.7 Å². The lowest BCUT2D eigenvalue weighted by Crippen LogP contribution is -2.15. The van der Waals surface area contributed by atoms with E-state index in [1.165, 1.54) is 16.6 Å². The molecule has 32 heavy (non-hydrogen) atoms. The number of nitrogens with one attached hydrogen (secondary N) is 1. The molecule has 0 unspecified atom stereocenters. The number of aryl methyl sites for hydroxylation is 1. The van der Waals surface area contributed by atoms with Crippen LogP contribution < -0.4 is 10.1 Å². The van der Waals surface area contributed by atoms with Crippen LogP contribution in [-0.2, 0) is 11.2 Å². The van der Waals surface area contributed by atoms with Crippen LogP contribution >= 0.6 is 39.0 Å². The number of thioether (sulfide) groups is 1. The SMILES string of the molecule is COc1ccc(-n2c(Cc3cccs3)nnc2SCC(=O)Nc2ccc(Br)cc2C)cc1. The quantitative estimate of drug-likeness (QED) is 0.295. The Labute approximate surface area is 203 Å². The van der Waals surface area contributed by atoms with E-state index in [1.54, 1.807) is 18.4 Å². The van der Waals surface area contributed by atoms with E-state index in [1.807, 2.05) is 65.4 Å². The van der Waals surface area contributed by atoms with Gasteiger partial charge >= 0.3 is 0 Å². The summed E-state index contributed by atoms with van der Waals surface area (Å²) in [5.74, 6) is 1.73. The molecule has 1 amide bonds. The summed E-state index contributed by atoms with van der Waals surface area (Å²) in [4.78, 5) is 13.8. The molecule has 4 rings (SSSR count). The second-order valence-electron chi connectivity index (χ2n) is 6.98. The van der Waals surface area contributed by atoms with Gasteiger partial charge in [0.2, 0.25) is 5.91 Å². The van der Waals surface area contributed by atoms with Crippen molar-refractivity contribution < 1.29 is 9.53 Å². The zero-order valence-electron chi connectivity index (χ0n) is 17.5. The van der Waals surface area contributed by atoms with Gasteiger partial charge in [-0.05, 0) is 66.4 Å². The van der Waals surface area contributed by atoms with Crippen molar-refractivity contribution in [1.82, 2.24) is 14.8 Å². The Kier molecular flexibility index (Phi) is 7.29. The fourth-order valence-corrected chi connectivity index (χ4v) is 5.10. The van der Waals surface area contributed by atoms with Gasteiger partial charge < -0.3 is 10.1 Å². The maximum atomic E-state index is 12.6. The lowest BCUT2D eigenvalue weighted by molar-refractivity contribution is -0.113. The first-order valence-electron chi connectivity index (χ1n) is 9.83. The second-order valence-corrected chi connectivity index (χ2v) is 9.87. The third-order valence-electron chi connectivity index (χ3n) is 4.74. The van der Waals surface area contributed by atoms with E-state index in [4.69, 9.17) is 4.74 Å². The fraction of sp³-hybridized carbons (Fsp3) is 0.174. The Balaban J connectivity index is 1.54. The minimum absolute atomic E-state index is 0.0930. The van der Waals surface area contributed by atoms with Crippen molar-refractivity contribution >= 4 is 50.6 Å². The molecule has 2 heterocycles. The predicted molar refractivity (Wildman–Crippen MR) is 133 cm³/mol. The minimum Gasteiger partial charge on any atom is -0.497 e. The minimum atomic E-state index is -0.0930. The molecule has 0 fully saturated rings. The molecule has 0 spiro atoms. The summed E-state index contributed by atoms with van der Waals surface area (Å²) in [5.41, 5.74) is 2.72. The fourth-order valence-electron chi connectivity index (χ4n) is 3.15. The van der Waals surface area contributed by atoms with Gasteiger partial charge in [0, 0.05) is 27.1 Å². The summed E-state index contributed by atoms with van der Waals surface area (Å²) in [6.07, 6.45) is 0.668. The molecule has 0 aliphatic rings. The predicted octanol–water partition coefficient (Wildman–Crippen LogP) is 5.73. The molecule has 164 valence electrons. The topological polar surface area (TPSA) is 69.0 Å². The van der Waals surface area contributed by atoms with Gasteiger partial charge in [-0.1, -0.05) is 33.8 Å². The van der Waals surface area contributed by atoms with Crippen LogP contribution in [0.1, 0.15) is 16.3 Å². The number of halogens is 1. The van der Waals surface area contributed by atoms with Gasteiger partial charge in [-0.15, -0.1) is 21.5 Å². The molecule has 4 aromatic rings. The Morgan fingerprint density at radius 2 is 2.00 bits per heavy atom. The number of carbonyl (C=O) groups is 1. The number of nitrogens with zero attached hydrogens (tertiary/aromatic N) is 3. The number of anilines is 1. The Hall–Kier alpha value is -2.62. The number of thiophene rings is 1. The molecule has 0 saturated carbocycles. The first-order chi connectivity index (χ1) is 15.5. The number of carbonyl (C=O) groups excluding carboxylic acids is 1. The molecular weight excluding hydrogens is 508 g/mol. The monoisotopic (exact) mass is 528 g/mol. The Morgan fingerprint density at radius 1 is 1.19 bits per heavy atom. The van der Waals surface area contributed by atoms with Crippen LogP contribution in [-0.4, -0.2) is 33.5 Å². The number of rotatable bonds is 8. The van der Waals surface area contributed by atoms with Crippen LogP contribution in [0.5, 0.6) is 5.75 Å². The number of ether oxygens (including phenoxy) is 1. The van der Waals surface area contributed by atoms with Gasteiger partial charge in [0.1, 0.15) is 11.6 Å². The number of methoxy groups -OCH3 is 1. The number of amides is 1. The molecule has 2 aromatic heterocycles. The number of aromatic nitrogens is 3. The van der Waals surface area contributed by atoms with Crippen molar-refractivity contribution in [3.05, 3.63) is 80.7 Å². The maximum absolute atomic E-state index is 12.6. The van der Waals surface area contributed by atoms with Gasteiger partial charge in [0.05, 0.1) is 12.9 Å². The third kappa shape index (κ3) is 5.40. The molecule has 0 atom stereocenters. The average Bonchev–Trinajstić information content (AvgIpc) is 3.45. The third-order valence-corrected chi connectivity index (χ3v) is 7.04. The summed E-state index contributed by atoms with van der Waals surface area (Å²) in [6, 6.07) is 17.6. The molecule has 0 bridgehead atoms. The Morgan fingerprint density at radius 3 is 2.69 bits per heavy atom. The average molecular weight is 529 g/mol. The lowest BCUT2D eigenvalue weighted by atomic mass is 10.2. The highest BCUT2D eigenvalue weighted by atomic mass is 79.9. The van der Waals surface area contributed by atoms with Crippen LogP contribution in [0.15, 0.2) is 69.6 Å². The standard InChI is InChI=1S/C23H21BrN4O2S2/c1-15-12-16(24)5-10-20(15)25-22(29)14-32-23-27-26-21(13-19-4-3-11-31-19)28(23)17-6-8-18(30-2)9-7-17/h3-12H,13-14H2,1-2H3,(H,25,29). The molecule has 0 saturated heterocycles. The lowest BCUT2D eigenvalue weighted by Gasteiger charge is -2.11. The number of benzene rings is 2. The van der Waals surface area contributed by atoms with Crippen LogP contribution in [0.2, 0.25) is 0 Å². The molecule has 1 N–H and O–H groups in total. The maximum Gasteiger partial charge on any atom is 0.234 e. The molecule has 9 heteroatoms. The van der Waals surface area contributed by atoms with Crippen molar-refractivity contribution in [3.63, 3.8) is 0 Å². The van der Waals surface area contributed by atoms with E-state index < -0.39 is 0 Å². The van der Waals surface area contributed by atoms with Crippen molar-refractivity contribution in [2.24, 2.45) is 0 Å². The van der Waals surface area contributed by atoms with Crippen molar-refractivity contribution in [2.45, 2.75) is 18.5 Å². The van der Waals surface area contributed by atoms with Crippen LogP contribution in [0, 0.1) is 6.92 Å². The second kappa shape index (κ2) is 10.3. The molecule has 0 radical (unpaired) electrons. The molecular formula is C23H21BrN4O2S2. The van der Waals surface area contributed by atoms with Gasteiger partial charge in [-0.25, -0.2) is 0 Å². The van der Waals surface area contributed by atoms with Crippen molar-refractivity contribution in [3.8, 4) is 11.4 Å². The molecule has 0 aliphatic carbocycles. The van der Waals surface area contributed by atoms with E-state index in [2.05, 4.69) is 37.5 Å². The van der Waals surface area contributed by atoms with E-state index in [0.29, 0.717) is 11.6 Å². The molecule has 6 nitrogen and oxygen atoms in total. The summed E-state index contributed by atoms with van der Waals surface area (Å²) in [6.45, 7) is 1.96. The normalized spacial score (nSPS) is 10.8. The highest BCUT2D eigenvalue weighted by Gasteiger charge is 2.17. The number of hydrogen-bond donors (Lipinski definition) is 1. The Bertz CT molecular complexity index is 1210. The van der Waals surface area contributed by atoms with Crippen LogP contribution in [0.25, 0.3) is 5.69 Å². The van der Waals surface area contributed by atoms with Gasteiger partial charge in [-0.3, -0.25) is 9.36 Å². The molecule has 0 aliphatic heterocycles. The summed E-state index contributed by atoms with van der Waals surface area (Å²) < 4.78 is 8.27. The summed E-state index contributed by atoms with van der Waals surface area (Å²) >= 11 is 6.49. The van der Waals surface area contributed by atoms with Crippen LogP contribution in [0.4, 0.5) is 5.69 Å². The first-order valence-corrected chi connectivity index (χ1v) is 12.5. The van der Waals surface area contributed by atoms with Gasteiger partial charge in [0.15, 0.2) is 5.16 Å². The first kappa shape index (κ1) is 22.6. The van der Waals surface area contributed by atoms with Crippen molar-refractivity contribution in [1.29, 1.82) is 0 Å². The summed E-state index contributed by atoms with van der Waals surface area (Å²) in [7, 11) is 1.64. The highest BCUT2D eigenvalue weighted by Crippen LogP contribution is 2.26. The van der Waals surface area contributed by atoms with Crippen LogP contribution in [0.3, 0.4) is 0 Å². The highest BCUT2D eigenvalue weighted by molar-refractivity contribution is 9.10. The zero-order chi connectivity index (χ0) is 22.5. The van der Waals surface area contributed by atoms with Crippen molar-refractivity contribution in [2.75, 3.05) is 18.2 Å².